The molecule has 0 heterocycles. The molecule has 2 unspecified atom stereocenters. The highest BCUT2D eigenvalue weighted by Crippen LogP contribution is 2.24. The fourth-order valence-corrected chi connectivity index (χ4v) is 2.51. The van der Waals surface area contributed by atoms with Gasteiger partial charge in [-0.1, -0.05) is 67.6 Å². The molecule has 3 heteroatoms. The second-order valence-corrected chi connectivity index (χ2v) is 6.24. The highest BCUT2D eigenvalue weighted by molar-refractivity contribution is 9.10. The normalized spacial score (nSPS) is 14.2. The summed E-state index contributed by atoms with van der Waals surface area (Å²) in [5.41, 5.74) is 7.39. The molecule has 0 aliphatic rings. The van der Waals surface area contributed by atoms with Crippen molar-refractivity contribution < 1.29 is 4.74 Å². The minimum atomic E-state index is 0.0132. The maximum Gasteiger partial charge on any atom is 0.0975 e. The van der Waals surface area contributed by atoms with Gasteiger partial charge in [0.25, 0.3) is 0 Å². The Morgan fingerprint density at radius 3 is 2.30 bits per heavy atom. The number of ether oxygens (including phenoxy) is 1. The molecule has 0 saturated carbocycles. The zero-order chi connectivity index (χ0) is 14.8. The molecular weight excluding hydrogens is 314 g/mol. The van der Waals surface area contributed by atoms with Gasteiger partial charge in [-0.15, -0.1) is 0 Å². The molecule has 1 aromatic carbocycles. The molecule has 0 saturated heterocycles. The number of hydrogen-bond acceptors (Lipinski definition) is 2. The summed E-state index contributed by atoms with van der Waals surface area (Å²) in [7, 11) is 0. The molecule has 0 aromatic heterocycles. The largest absolute Gasteiger partial charge is 0.372 e. The third-order valence-corrected chi connectivity index (χ3v) is 4.13. The van der Waals surface area contributed by atoms with E-state index >= 15 is 0 Å². The standard InChI is InChI=1S/C17H28BrNO/c1-3-5-6-7-8-13-20-17(16(19)4-2)14-9-11-15(18)12-10-14/h9-12,16-17H,3-8,13,19H2,1-2H3. The number of nitrogens with two attached hydrogens (primary N) is 1. The quantitative estimate of drug-likeness (QED) is 0.592. The maximum absolute atomic E-state index is 6.21. The van der Waals surface area contributed by atoms with Crippen molar-refractivity contribution in [2.24, 2.45) is 5.73 Å². The van der Waals surface area contributed by atoms with E-state index in [2.05, 4.69) is 54.0 Å². The molecular formula is C17H28BrNO. The minimum absolute atomic E-state index is 0.0132. The second-order valence-electron chi connectivity index (χ2n) is 5.33. The number of halogens is 1. The Labute approximate surface area is 132 Å². The molecule has 0 aliphatic heterocycles. The Hall–Kier alpha value is -0.380. The van der Waals surface area contributed by atoms with Gasteiger partial charge in [0.2, 0.25) is 0 Å². The van der Waals surface area contributed by atoms with Gasteiger partial charge in [0.1, 0.15) is 0 Å². The van der Waals surface area contributed by atoms with Gasteiger partial charge in [-0.3, -0.25) is 0 Å². The van der Waals surface area contributed by atoms with Crippen molar-refractivity contribution in [3.8, 4) is 0 Å². The molecule has 0 amide bonds. The first-order valence-corrected chi connectivity index (χ1v) is 8.61. The van der Waals surface area contributed by atoms with E-state index < -0.39 is 0 Å². The summed E-state index contributed by atoms with van der Waals surface area (Å²) < 4.78 is 7.15. The second kappa shape index (κ2) is 10.4. The fraction of sp³-hybridized carbons (Fsp3) is 0.647. The van der Waals surface area contributed by atoms with Gasteiger partial charge in [0, 0.05) is 17.1 Å². The zero-order valence-corrected chi connectivity index (χ0v) is 14.4. The predicted octanol–water partition coefficient (Wildman–Crippen LogP) is 5.21. The SMILES string of the molecule is CCCCCCCOC(c1ccc(Br)cc1)C(N)CC. The number of hydrogen-bond donors (Lipinski definition) is 1. The lowest BCUT2D eigenvalue weighted by Crippen LogP contribution is -2.29. The Bertz CT molecular complexity index is 353. The van der Waals surface area contributed by atoms with Gasteiger partial charge in [0.05, 0.1) is 6.10 Å². The van der Waals surface area contributed by atoms with Crippen LogP contribution >= 0.6 is 15.9 Å². The Morgan fingerprint density at radius 1 is 1.05 bits per heavy atom. The van der Waals surface area contributed by atoms with Crippen LogP contribution in [-0.2, 0) is 4.74 Å². The molecule has 2 nitrogen and oxygen atoms in total. The van der Waals surface area contributed by atoms with Crippen LogP contribution in [0.5, 0.6) is 0 Å². The zero-order valence-electron chi connectivity index (χ0n) is 12.8. The van der Waals surface area contributed by atoms with Crippen LogP contribution in [-0.4, -0.2) is 12.6 Å². The summed E-state index contributed by atoms with van der Waals surface area (Å²) >= 11 is 3.46. The predicted molar refractivity (Wildman–Crippen MR) is 89.9 cm³/mol. The number of unbranched alkanes of at least 4 members (excludes halogenated alkanes) is 4. The van der Waals surface area contributed by atoms with Crippen molar-refractivity contribution >= 4 is 15.9 Å². The first-order chi connectivity index (χ1) is 9.69. The van der Waals surface area contributed by atoms with E-state index in [1.54, 1.807) is 0 Å². The van der Waals surface area contributed by atoms with Gasteiger partial charge in [-0.2, -0.15) is 0 Å². The van der Waals surface area contributed by atoms with Gasteiger partial charge in [-0.05, 0) is 30.5 Å². The number of rotatable bonds is 10. The van der Waals surface area contributed by atoms with Gasteiger partial charge in [0.15, 0.2) is 0 Å². The van der Waals surface area contributed by atoms with Gasteiger partial charge >= 0.3 is 0 Å². The van der Waals surface area contributed by atoms with Crippen molar-refractivity contribution in [2.75, 3.05) is 6.61 Å². The molecule has 0 fully saturated rings. The lowest BCUT2D eigenvalue weighted by molar-refractivity contribution is 0.0311. The van der Waals surface area contributed by atoms with Gasteiger partial charge < -0.3 is 10.5 Å². The minimum Gasteiger partial charge on any atom is -0.372 e. The molecule has 0 aliphatic carbocycles. The van der Waals surface area contributed by atoms with Crippen LogP contribution in [0.1, 0.15) is 64.0 Å². The molecule has 2 N–H and O–H groups in total. The topological polar surface area (TPSA) is 35.2 Å². The molecule has 0 bridgehead atoms. The van der Waals surface area contributed by atoms with Crippen LogP contribution in [0.3, 0.4) is 0 Å². The molecule has 0 radical (unpaired) electrons. The summed E-state index contributed by atoms with van der Waals surface area (Å²) in [5, 5.41) is 0. The molecule has 1 rings (SSSR count). The Morgan fingerprint density at radius 2 is 1.70 bits per heavy atom. The van der Waals surface area contributed by atoms with Crippen LogP contribution in [0.2, 0.25) is 0 Å². The van der Waals surface area contributed by atoms with Crippen molar-refractivity contribution in [1.82, 2.24) is 0 Å². The first kappa shape index (κ1) is 17.7. The summed E-state index contributed by atoms with van der Waals surface area (Å²) in [6, 6.07) is 8.36. The average molecular weight is 342 g/mol. The van der Waals surface area contributed by atoms with Crippen LogP contribution < -0.4 is 5.73 Å². The lowest BCUT2D eigenvalue weighted by Gasteiger charge is -2.24. The van der Waals surface area contributed by atoms with E-state index in [1.165, 1.54) is 31.2 Å². The van der Waals surface area contributed by atoms with E-state index in [4.69, 9.17) is 10.5 Å². The summed E-state index contributed by atoms with van der Waals surface area (Å²) in [4.78, 5) is 0. The molecule has 114 valence electrons. The summed E-state index contributed by atoms with van der Waals surface area (Å²) in [6.45, 7) is 5.15. The van der Waals surface area contributed by atoms with Crippen LogP contribution in [0.15, 0.2) is 28.7 Å². The summed E-state index contributed by atoms with van der Waals surface area (Å²) in [5.74, 6) is 0. The van der Waals surface area contributed by atoms with Crippen molar-refractivity contribution in [3.05, 3.63) is 34.3 Å². The van der Waals surface area contributed by atoms with Crippen LogP contribution in [0.4, 0.5) is 0 Å². The third kappa shape index (κ3) is 6.38. The van der Waals surface area contributed by atoms with Gasteiger partial charge in [-0.25, -0.2) is 0 Å². The highest BCUT2D eigenvalue weighted by Gasteiger charge is 2.18. The van der Waals surface area contributed by atoms with E-state index in [9.17, 15) is 0 Å². The molecule has 2 atom stereocenters. The van der Waals surface area contributed by atoms with E-state index in [-0.39, 0.29) is 12.1 Å². The smallest absolute Gasteiger partial charge is 0.0975 e. The van der Waals surface area contributed by atoms with E-state index in [1.807, 2.05) is 0 Å². The van der Waals surface area contributed by atoms with Crippen molar-refractivity contribution in [2.45, 2.75) is 64.5 Å². The Balaban J connectivity index is 2.46. The maximum atomic E-state index is 6.21. The van der Waals surface area contributed by atoms with Crippen molar-refractivity contribution in [1.29, 1.82) is 0 Å². The average Bonchev–Trinajstić information content (AvgIpc) is 2.47. The van der Waals surface area contributed by atoms with Crippen molar-refractivity contribution in [3.63, 3.8) is 0 Å². The lowest BCUT2D eigenvalue weighted by atomic mass is 10.0. The van der Waals surface area contributed by atoms with E-state index in [0.717, 1.165) is 23.9 Å². The Kier molecular flexibility index (Phi) is 9.16. The van der Waals surface area contributed by atoms with Crippen LogP contribution in [0, 0.1) is 0 Å². The highest BCUT2D eigenvalue weighted by atomic mass is 79.9. The first-order valence-electron chi connectivity index (χ1n) is 7.81. The fourth-order valence-electron chi connectivity index (χ4n) is 2.25. The third-order valence-electron chi connectivity index (χ3n) is 3.60. The van der Waals surface area contributed by atoms with E-state index in [0.29, 0.717) is 0 Å². The molecule has 0 spiro atoms. The molecule has 20 heavy (non-hydrogen) atoms. The number of benzene rings is 1. The summed E-state index contributed by atoms with van der Waals surface area (Å²) in [6.07, 6.45) is 7.23. The molecule has 1 aromatic rings. The monoisotopic (exact) mass is 341 g/mol. The van der Waals surface area contributed by atoms with Crippen LogP contribution in [0.25, 0.3) is 0 Å².